The fourth-order valence-corrected chi connectivity index (χ4v) is 3.27. The molecular weight excluding hydrogens is 340 g/mol. The summed E-state index contributed by atoms with van der Waals surface area (Å²) in [5, 5.41) is 2.89. The highest BCUT2D eigenvalue weighted by Crippen LogP contribution is 2.24. The predicted molar refractivity (Wildman–Crippen MR) is 105 cm³/mol. The van der Waals surface area contributed by atoms with Crippen LogP contribution in [0.25, 0.3) is 0 Å². The number of Topliss-reactive ketones (excluding diaryl/α,β-unsaturated/α-hetero) is 1. The number of urea groups is 1. The normalized spacial score (nSPS) is 16.6. The second-order valence-electron chi connectivity index (χ2n) is 6.82. The van der Waals surface area contributed by atoms with Crippen molar-refractivity contribution in [3.05, 3.63) is 60.2 Å². The fourth-order valence-electron chi connectivity index (χ4n) is 3.27. The lowest BCUT2D eigenvalue weighted by molar-refractivity contribution is 0.0846. The zero-order valence-corrected chi connectivity index (χ0v) is 15.7. The third-order valence-corrected chi connectivity index (χ3v) is 4.72. The van der Waals surface area contributed by atoms with Crippen molar-refractivity contribution in [3.8, 4) is 11.5 Å². The Balaban J connectivity index is 1.60. The molecule has 5 heteroatoms. The molecule has 0 spiro atoms. The lowest BCUT2D eigenvalue weighted by Crippen LogP contribution is -2.47. The standard InChI is InChI=1S/C22H26N2O3/c1-2-14-23-22(26)24-15-6-7-18(16-24)21(25)17-10-12-20(13-11-17)27-19-8-4-3-5-9-19/h3-5,8-13,18H,2,6-7,14-16H2,1H3,(H,23,26)/t18-/m1/s1. The monoisotopic (exact) mass is 366 g/mol. The van der Waals surface area contributed by atoms with Crippen LogP contribution >= 0.6 is 0 Å². The molecule has 0 unspecified atom stereocenters. The molecule has 5 nitrogen and oxygen atoms in total. The zero-order chi connectivity index (χ0) is 19.1. The van der Waals surface area contributed by atoms with E-state index in [4.69, 9.17) is 4.74 Å². The molecule has 0 aromatic heterocycles. The SMILES string of the molecule is CCCNC(=O)N1CCC[C@@H](C(=O)c2ccc(Oc3ccccc3)cc2)C1. The van der Waals surface area contributed by atoms with E-state index in [0.29, 0.717) is 30.9 Å². The van der Waals surface area contributed by atoms with Crippen LogP contribution in [0.2, 0.25) is 0 Å². The lowest BCUT2D eigenvalue weighted by Gasteiger charge is -2.32. The Morgan fingerprint density at radius 1 is 1.07 bits per heavy atom. The van der Waals surface area contributed by atoms with Crippen LogP contribution in [0.3, 0.4) is 0 Å². The molecule has 1 aliphatic rings. The van der Waals surface area contributed by atoms with E-state index in [1.165, 1.54) is 0 Å². The summed E-state index contributed by atoms with van der Waals surface area (Å²) in [6.45, 7) is 3.88. The number of piperidine rings is 1. The van der Waals surface area contributed by atoms with Gasteiger partial charge in [-0.1, -0.05) is 25.1 Å². The fraction of sp³-hybridized carbons (Fsp3) is 0.364. The second-order valence-corrected chi connectivity index (χ2v) is 6.82. The highest BCUT2D eigenvalue weighted by Gasteiger charge is 2.28. The van der Waals surface area contributed by atoms with E-state index in [2.05, 4.69) is 5.32 Å². The predicted octanol–water partition coefficient (Wildman–Crippen LogP) is 4.49. The number of carbonyl (C=O) groups is 2. The summed E-state index contributed by atoms with van der Waals surface area (Å²) in [7, 11) is 0. The number of hydrogen-bond acceptors (Lipinski definition) is 3. The van der Waals surface area contributed by atoms with E-state index in [-0.39, 0.29) is 17.7 Å². The second kappa shape index (κ2) is 9.21. The minimum absolute atomic E-state index is 0.0686. The van der Waals surface area contributed by atoms with E-state index in [9.17, 15) is 9.59 Å². The number of ether oxygens (including phenoxy) is 1. The van der Waals surface area contributed by atoms with Crippen molar-refractivity contribution in [2.24, 2.45) is 5.92 Å². The number of nitrogens with zero attached hydrogens (tertiary/aromatic N) is 1. The molecule has 0 bridgehead atoms. The van der Waals surface area contributed by atoms with Crippen molar-refractivity contribution < 1.29 is 14.3 Å². The van der Waals surface area contributed by atoms with E-state index in [1.807, 2.05) is 49.4 Å². The molecule has 142 valence electrons. The molecule has 0 radical (unpaired) electrons. The van der Waals surface area contributed by atoms with Gasteiger partial charge in [0, 0.05) is 31.1 Å². The van der Waals surface area contributed by atoms with Crippen molar-refractivity contribution >= 4 is 11.8 Å². The molecule has 1 N–H and O–H groups in total. The molecule has 1 atom stereocenters. The maximum atomic E-state index is 12.9. The van der Waals surface area contributed by atoms with Crippen molar-refractivity contribution in [2.75, 3.05) is 19.6 Å². The summed E-state index contributed by atoms with van der Waals surface area (Å²) >= 11 is 0. The summed E-state index contributed by atoms with van der Waals surface area (Å²) in [5.41, 5.74) is 0.663. The van der Waals surface area contributed by atoms with Gasteiger partial charge in [-0.25, -0.2) is 4.79 Å². The maximum Gasteiger partial charge on any atom is 0.317 e. The topological polar surface area (TPSA) is 58.6 Å². The van der Waals surface area contributed by atoms with Gasteiger partial charge in [-0.15, -0.1) is 0 Å². The van der Waals surface area contributed by atoms with Gasteiger partial charge in [-0.05, 0) is 55.7 Å². The first-order chi connectivity index (χ1) is 13.2. The quantitative estimate of drug-likeness (QED) is 0.766. The molecule has 3 rings (SSSR count). The first-order valence-corrected chi connectivity index (χ1v) is 9.57. The smallest absolute Gasteiger partial charge is 0.317 e. The highest BCUT2D eigenvalue weighted by molar-refractivity contribution is 5.98. The van der Waals surface area contributed by atoms with Crippen molar-refractivity contribution in [3.63, 3.8) is 0 Å². The average Bonchev–Trinajstić information content (AvgIpc) is 2.73. The number of ketones is 1. The Morgan fingerprint density at radius 2 is 1.78 bits per heavy atom. The zero-order valence-electron chi connectivity index (χ0n) is 15.7. The van der Waals surface area contributed by atoms with Crippen molar-refractivity contribution in [2.45, 2.75) is 26.2 Å². The summed E-state index contributed by atoms with van der Waals surface area (Å²) < 4.78 is 5.77. The van der Waals surface area contributed by atoms with Crippen LogP contribution in [0.1, 0.15) is 36.5 Å². The molecule has 1 saturated heterocycles. The van der Waals surface area contributed by atoms with Crippen LogP contribution in [0.5, 0.6) is 11.5 Å². The number of benzene rings is 2. The van der Waals surface area contributed by atoms with Crippen molar-refractivity contribution in [1.82, 2.24) is 10.2 Å². The molecule has 2 aromatic rings. The van der Waals surface area contributed by atoms with Crippen LogP contribution in [-0.4, -0.2) is 36.3 Å². The van der Waals surface area contributed by atoms with Crippen LogP contribution in [0.4, 0.5) is 4.79 Å². The number of amides is 2. The van der Waals surface area contributed by atoms with Crippen LogP contribution < -0.4 is 10.1 Å². The molecule has 0 aliphatic carbocycles. The van der Waals surface area contributed by atoms with Crippen LogP contribution in [0.15, 0.2) is 54.6 Å². The number of likely N-dealkylation sites (tertiary alicyclic amines) is 1. The van der Waals surface area contributed by atoms with E-state index in [1.54, 1.807) is 17.0 Å². The third kappa shape index (κ3) is 5.09. The van der Waals surface area contributed by atoms with Gasteiger partial charge in [0.25, 0.3) is 0 Å². The minimum atomic E-state index is -0.146. The minimum Gasteiger partial charge on any atom is -0.457 e. The number of carbonyl (C=O) groups excluding carboxylic acids is 2. The Bertz CT molecular complexity index is 759. The van der Waals surface area contributed by atoms with Gasteiger partial charge in [0.05, 0.1) is 0 Å². The van der Waals surface area contributed by atoms with Gasteiger partial charge in [0.1, 0.15) is 11.5 Å². The summed E-state index contributed by atoms with van der Waals surface area (Å²) in [6.07, 6.45) is 2.57. The molecule has 27 heavy (non-hydrogen) atoms. The average molecular weight is 366 g/mol. The first-order valence-electron chi connectivity index (χ1n) is 9.57. The van der Waals surface area contributed by atoms with Gasteiger partial charge in [-0.3, -0.25) is 4.79 Å². The molecule has 1 aliphatic heterocycles. The molecule has 2 amide bonds. The summed E-state index contributed by atoms with van der Waals surface area (Å²) in [5.74, 6) is 1.40. The molecule has 2 aromatic carbocycles. The van der Waals surface area contributed by atoms with Gasteiger partial charge in [-0.2, -0.15) is 0 Å². The van der Waals surface area contributed by atoms with Gasteiger partial charge < -0.3 is 15.0 Å². The number of rotatable bonds is 6. The van der Waals surface area contributed by atoms with Gasteiger partial charge in [0.15, 0.2) is 5.78 Å². The van der Waals surface area contributed by atoms with Gasteiger partial charge >= 0.3 is 6.03 Å². The number of nitrogens with one attached hydrogen (secondary N) is 1. The molecule has 0 saturated carbocycles. The van der Waals surface area contributed by atoms with Crippen LogP contribution in [0, 0.1) is 5.92 Å². The molecule has 1 fully saturated rings. The Morgan fingerprint density at radius 3 is 2.48 bits per heavy atom. The van der Waals surface area contributed by atoms with E-state index < -0.39 is 0 Å². The van der Waals surface area contributed by atoms with E-state index in [0.717, 1.165) is 25.0 Å². The first kappa shape index (κ1) is 19.0. The summed E-state index contributed by atoms with van der Waals surface area (Å²) in [4.78, 5) is 26.8. The van der Waals surface area contributed by atoms with Crippen molar-refractivity contribution in [1.29, 1.82) is 0 Å². The summed E-state index contributed by atoms with van der Waals surface area (Å²) in [6, 6.07) is 16.7. The number of para-hydroxylation sites is 1. The third-order valence-electron chi connectivity index (χ3n) is 4.72. The highest BCUT2D eigenvalue weighted by atomic mass is 16.5. The molecular formula is C22H26N2O3. The Hall–Kier alpha value is -2.82. The largest absolute Gasteiger partial charge is 0.457 e. The Labute approximate surface area is 160 Å². The lowest BCUT2D eigenvalue weighted by atomic mass is 9.90. The van der Waals surface area contributed by atoms with E-state index >= 15 is 0 Å². The molecule has 1 heterocycles. The number of hydrogen-bond donors (Lipinski definition) is 1. The van der Waals surface area contributed by atoms with Gasteiger partial charge in [0.2, 0.25) is 0 Å². The maximum absolute atomic E-state index is 12.9. The Kier molecular flexibility index (Phi) is 6.47. The van der Waals surface area contributed by atoms with Crippen LogP contribution in [-0.2, 0) is 0 Å².